The maximum atomic E-state index is 9.49. The molecule has 3 nitrogen and oxygen atoms in total. The van der Waals surface area contributed by atoms with Crippen molar-refractivity contribution in [2.75, 3.05) is 13.2 Å². The number of aliphatic hydroxyl groups excluding tert-OH is 1. The van der Waals surface area contributed by atoms with E-state index in [1.807, 2.05) is 0 Å². The average molecular weight is 201 g/mol. The highest BCUT2D eigenvalue weighted by Crippen LogP contribution is 2.26. The van der Waals surface area contributed by atoms with Gasteiger partial charge in [0.05, 0.1) is 12.7 Å². The molecule has 1 fully saturated rings. The standard InChI is InChI=1S/C11H23NO2/c1-4-10-7-11(8-13,5-6-14-10)12-9(2)3/h9-10,12-13H,4-8H2,1-3H3. The van der Waals surface area contributed by atoms with E-state index >= 15 is 0 Å². The van der Waals surface area contributed by atoms with E-state index < -0.39 is 0 Å². The summed E-state index contributed by atoms with van der Waals surface area (Å²) in [6, 6.07) is 0.415. The molecule has 1 aliphatic rings. The van der Waals surface area contributed by atoms with Gasteiger partial charge in [0.25, 0.3) is 0 Å². The molecule has 0 saturated carbocycles. The van der Waals surface area contributed by atoms with Crippen LogP contribution in [0.4, 0.5) is 0 Å². The number of hydrogen-bond acceptors (Lipinski definition) is 3. The Morgan fingerprint density at radius 1 is 1.57 bits per heavy atom. The van der Waals surface area contributed by atoms with Gasteiger partial charge < -0.3 is 15.2 Å². The van der Waals surface area contributed by atoms with E-state index in [4.69, 9.17) is 4.74 Å². The zero-order valence-corrected chi connectivity index (χ0v) is 9.55. The van der Waals surface area contributed by atoms with Crippen LogP contribution in [0.3, 0.4) is 0 Å². The van der Waals surface area contributed by atoms with Crippen LogP contribution in [0.1, 0.15) is 40.0 Å². The van der Waals surface area contributed by atoms with Crippen LogP contribution >= 0.6 is 0 Å². The summed E-state index contributed by atoms with van der Waals surface area (Å²) in [4.78, 5) is 0. The average Bonchev–Trinajstić information content (AvgIpc) is 2.17. The molecule has 0 aromatic rings. The fraction of sp³-hybridized carbons (Fsp3) is 1.00. The second kappa shape index (κ2) is 5.10. The summed E-state index contributed by atoms with van der Waals surface area (Å²) in [5.41, 5.74) is -0.104. The molecule has 1 heterocycles. The minimum Gasteiger partial charge on any atom is -0.394 e. The van der Waals surface area contributed by atoms with Gasteiger partial charge in [-0.25, -0.2) is 0 Å². The predicted molar refractivity (Wildman–Crippen MR) is 57.4 cm³/mol. The topological polar surface area (TPSA) is 41.5 Å². The Kier molecular flexibility index (Phi) is 4.35. The highest BCUT2D eigenvalue weighted by atomic mass is 16.5. The van der Waals surface area contributed by atoms with Gasteiger partial charge in [0.2, 0.25) is 0 Å². The third-order valence-corrected chi connectivity index (χ3v) is 2.91. The van der Waals surface area contributed by atoms with Crippen LogP contribution in [-0.4, -0.2) is 36.0 Å². The lowest BCUT2D eigenvalue weighted by atomic mass is 9.86. The Morgan fingerprint density at radius 3 is 2.79 bits per heavy atom. The molecule has 0 aliphatic carbocycles. The highest BCUT2D eigenvalue weighted by Gasteiger charge is 2.35. The Bertz CT molecular complexity index is 173. The first kappa shape index (κ1) is 12.0. The summed E-state index contributed by atoms with van der Waals surface area (Å²) in [7, 11) is 0. The van der Waals surface area contributed by atoms with Gasteiger partial charge >= 0.3 is 0 Å². The van der Waals surface area contributed by atoms with Crippen molar-refractivity contribution in [1.82, 2.24) is 5.32 Å². The molecule has 0 amide bonds. The van der Waals surface area contributed by atoms with Crippen molar-refractivity contribution in [2.24, 2.45) is 0 Å². The quantitative estimate of drug-likeness (QED) is 0.720. The molecule has 84 valence electrons. The summed E-state index contributed by atoms with van der Waals surface area (Å²) in [6.07, 6.45) is 3.18. The predicted octanol–water partition coefficient (Wildman–Crippen LogP) is 1.30. The van der Waals surface area contributed by atoms with Crippen molar-refractivity contribution < 1.29 is 9.84 Å². The highest BCUT2D eigenvalue weighted by molar-refractivity contribution is 4.93. The van der Waals surface area contributed by atoms with E-state index in [-0.39, 0.29) is 12.1 Å². The van der Waals surface area contributed by atoms with Crippen molar-refractivity contribution in [3.05, 3.63) is 0 Å². The number of hydrogen-bond donors (Lipinski definition) is 2. The summed E-state index contributed by atoms with van der Waals surface area (Å²) in [5.74, 6) is 0. The van der Waals surface area contributed by atoms with Gasteiger partial charge in [-0.2, -0.15) is 0 Å². The van der Waals surface area contributed by atoms with E-state index in [1.165, 1.54) is 0 Å². The first-order chi connectivity index (χ1) is 6.62. The zero-order chi connectivity index (χ0) is 10.6. The second-order valence-corrected chi connectivity index (χ2v) is 4.59. The first-order valence-corrected chi connectivity index (χ1v) is 5.62. The molecular formula is C11H23NO2. The molecule has 14 heavy (non-hydrogen) atoms. The number of aliphatic hydroxyl groups is 1. The monoisotopic (exact) mass is 201 g/mol. The van der Waals surface area contributed by atoms with Crippen molar-refractivity contribution in [3.63, 3.8) is 0 Å². The number of ether oxygens (including phenoxy) is 1. The lowest BCUT2D eigenvalue weighted by molar-refractivity contribution is -0.0482. The molecule has 2 unspecified atom stereocenters. The molecule has 0 radical (unpaired) electrons. The number of rotatable bonds is 4. The molecule has 1 rings (SSSR count). The molecule has 0 spiro atoms. The molecule has 1 saturated heterocycles. The van der Waals surface area contributed by atoms with Gasteiger partial charge in [-0.05, 0) is 19.3 Å². The van der Waals surface area contributed by atoms with Crippen LogP contribution in [0.2, 0.25) is 0 Å². The Morgan fingerprint density at radius 2 is 2.29 bits per heavy atom. The molecule has 0 aromatic heterocycles. The lowest BCUT2D eigenvalue weighted by Gasteiger charge is -2.41. The van der Waals surface area contributed by atoms with Gasteiger partial charge in [0, 0.05) is 18.2 Å². The smallest absolute Gasteiger partial charge is 0.0615 e. The van der Waals surface area contributed by atoms with Crippen LogP contribution in [0.5, 0.6) is 0 Å². The van der Waals surface area contributed by atoms with E-state index in [0.29, 0.717) is 12.1 Å². The number of nitrogens with one attached hydrogen (secondary N) is 1. The van der Waals surface area contributed by atoms with Gasteiger partial charge in [0.1, 0.15) is 0 Å². The molecule has 0 bridgehead atoms. The Labute approximate surface area is 86.8 Å². The van der Waals surface area contributed by atoms with E-state index in [2.05, 4.69) is 26.1 Å². The maximum Gasteiger partial charge on any atom is 0.0615 e. The molecule has 3 heteroatoms. The van der Waals surface area contributed by atoms with E-state index in [0.717, 1.165) is 25.9 Å². The zero-order valence-electron chi connectivity index (χ0n) is 9.55. The van der Waals surface area contributed by atoms with Gasteiger partial charge in [-0.1, -0.05) is 20.8 Å². The van der Waals surface area contributed by atoms with Crippen molar-refractivity contribution in [3.8, 4) is 0 Å². The maximum absolute atomic E-state index is 9.49. The summed E-state index contributed by atoms with van der Waals surface area (Å²) in [6.45, 7) is 7.35. The Balaban J connectivity index is 2.58. The summed E-state index contributed by atoms with van der Waals surface area (Å²) in [5, 5.41) is 13.0. The van der Waals surface area contributed by atoms with Crippen LogP contribution in [0.15, 0.2) is 0 Å². The fourth-order valence-corrected chi connectivity index (χ4v) is 2.21. The largest absolute Gasteiger partial charge is 0.394 e. The Hall–Kier alpha value is -0.120. The summed E-state index contributed by atoms with van der Waals surface area (Å²) < 4.78 is 5.61. The van der Waals surface area contributed by atoms with Crippen LogP contribution in [-0.2, 0) is 4.74 Å². The van der Waals surface area contributed by atoms with Gasteiger partial charge in [-0.3, -0.25) is 0 Å². The van der Waals surface area contributed by atoms with E-state index in [9.17, 15) is 5.11 Å². The molecule has 1 aliphatic heterocycles. The second-order valence-electron chi connectivity index (χ2n) is 4.59. The van der Waals surface area contributed by atoms with Crippen molar-refractivity contribution in [2.45, 2.75) is 57.7 Å². The van der Waals surface area contributed by atoms with Crippen LogP contribution < -0.4 is 5.32 Å². The van der Waals surface area contributed by atoms with Crippen LogP contribution in [0, 0.1) is 0 Å². The van der Waals surface area contributed by atoms with Crippen LogP contribution in [0.25, 0.3) is 0 Å². The molecular weight excluding hydrogens is 178 g/mol. The lowest BCUT2D eigenvalue weighted by Crippen LogP contribution is -2.56. The normalized spacial score (nSPS) is 33.6. The van der Waals surface area contributed by atoms with Gasteiger partial charge in [0.15, 0.2) is 0 Å². The fourth-order valence-electron chi connectivity index (χ4n) is 2.21. The SMILES string of the molecule is CCC1CC(CO)(NC(C)C)CCO1. The molecule has 0 aromatic carbocycles. The van der Waals surface area contributed by atoms with Crippen molar-refractivity contribution >= 4 is 0 Å². The first-order valence-electron chi connectivity index (χ1n) is 5.62. The van der Waals surface area contributed by atoms with Crippen molar-refractivity contribution in [1.29, 1.82) is 0 Å². The third kappa shape index (κ3) is 2.94. The minimum absolute atomic E-state index is 0.104. The summed E-state index contributed by atoms with van der Waals surface area (Å²) >= 11 is 0. The third-order valence-electron chi connectivity index (χ3n) is 2.91. The van der Waals surface area contributed by atoms with Gasteiger partial charge in [-0.15, -0.1) is 0 Å². The minimum atomic E-state index is -0.104. The molecule has 2 atom stereocenters. The molecule has 2 N–H and O–H groups in total. The van der Waals surface area contributed by atoms with E-state index in [1.54, 1.807) is 0 Å².